The van der Waals surface area contributed by atoms with Crippen molar-refractivity contribution in [3.8, 4) is 11.5 Å². The normalized spacial score (nSPS) is 11.1. The number of hydrogen-bond acceptors (Lipinski definition) is 6. The van der Waals surface area contributed by atoms with Crippen molar-refractivity contribution < 1.29 is 4.39 Å². The monoisotopic (exact) mass is 334 g/mol. The van der Waals surface area contributed by atoms with Crippen molar-refractivity contribution in [3.05, 3.63) is 60.2 Å². The predicted molar refractivity (Wildman–Crippen MR) is 91.7 cm³/mol. The van der Waals surface area contributed by atoms with Crippen molar-refractivity contribution in [2.24, 2.45) is 0 Å². The van der Waals surface area contributed by atoms with Gasteiger partial charge >= 0.3 is 0 Å². The van der Waals surface area contributed by atoms with E-state index >= 15 is 0 Å². The molecule has 0 fully saturated rings. The maximum absolute atomic E-state index is 13.8. The molecular formula is C17H13FN7. The summed E-state index contributed by atoms with van der Waals surface area (Å²) in [6, 6.07) is 10.8. The van der Waals surface area contributed by atoms with Crippen LogP contribution in [0.5, 0.6) is 0 Å². The number of halogens is 1. The second-order valence-electron chi connectivity index (χ2n) is 5.47. The zero-order valence-corrected chi connectivity index (χ0v) is 13.0. The van der Waals surface area contributed by atoms with Crippen molar-refractivity contribution in [1.82, 2.24) is 24.7 Å². The summed E-state index contributed by atoms with van der Waals surface area (Å²) in [5.41, 5.74) is 13.4. The number of fused-ring (bicyclic) bond motifs is 1. The van der Waals surface area contributed by atoms with Gasteiger partial charge in [-0.3, -0.25) is 9.67 Å². The van der Waals surface area contributed by atoms with E-state index in [0.717, 1.165) is 5.56 Å². The minimum Gasteiger partial charge on any atom is -0.383 e. The second-order valence-corrected chi connectivity index (χ2v) is 5.47. The fraction of sp³-hybridized carbons (Fsp3) is 0.0588. The van der Waals surface area contributed by atoms with Crippen LogP contribution in [-0.2, 0) is 6.54 Å². The van der Waals surface area contributed by atoms with Gasteiger partial charge in [-0.05, 0) is 29.8 Å². The lowest BCUT2D eigenvalue weighted by Gasteiger charge is -2.03. The number of benzene rings is 1. The molecule has 0 aliphatic carbocycles. The first-order valence-corrected chi connectivity index (χ1v) is 7.48. The Morgan fingerprint density at radius 1 is 1.12 bits per heavy atom. The van der Waals surface area contributed by atoms with Crippen LogP contribution in [0.4, 0.5) is 16.0 Å². The summed E-state index contributed by atoms with van der Waals surface area (Å²) < 4.78 is 15.4. The molecule has 1 radical (unpaired) electrons. The zero-order valence-electron chi connectivity index (χ0n) is 13.0. The molecule has 25 heavy (non-hydrogen) atoms. The molecule has 0 amide bonds. The molecule has 4 rings (SSSR count). The smallest absolute Gasteiger partial charge is 0.184 e. The first-order chi connectivity index (χ1) is 12.1. The van der Waals surface area contributed by atoms with Gasteiger partial charge in [-0.25, -0.2) is 14.4 Å². The molecule has 8 heteroatoms. The third-order valence-electron chi connectivity index (χ3n) is 3.69. The van der Waals surface area contributed by atoms with Crippen LogP contribution >= 0.6 is 0 Å². The molecule has 0 aliphatic rings. The lowest BCUT2D eigenvalue weighted by atomic mass is 10.2. The van der Waals surface area contributed by atoms with E-state index in [-0.39, 0.29) is 23.3 Å². The van der Waals surface area contributed by atoms with Gasteiger partial charge in [0.05, 0.1) is 18.1 Å². The molecule has 3 heterocycles. The van der Waals surface area contributed by atoms with Crippen molar-refractivity contribution in [2.75, 3.05) is 11.5 Å². The molecule has 4 aromatic rings. The van der Waals surface area contributed by atoms with E-state index in [2.05, 4.69) is 26.1 Å². The molecule has 0 bridgehead atoms. The Hall–Kier alpha value is -3.55. The van der Waals surface area contributed by atoms with Gasteiger partial charge in [-0.2, -0.15) is 5.10 Å². The summed E-state index contributed by atoms with van der Waals surface area (Å²) in [7, 11) is 0. The van der Waals surface area contributed by atoms with Gasteiger partial charge < -0.3 is 11.5 Å². The third kappa shape index (κ3) is 2.85. The van der Waals surface area contributed by atoms with Crippen LogP contribution in [0.2, 0.25) is 0 Å². The highest BCUT2D eigenvalue weighted by Crippen LogP contribution is 2.27. The first-order valence-electron chi connectivity index (χ1n) is 7.48. The Bertz CT molecular complexity index is 1040. The Labute approximate surface area is 142 Å². The number of hydrogen-bond donors (Lipinski definition) is 2. The number of nitrogens with two attached hydrogens (primary N) is 2. The predicted octanol–water partition coefficient (Wildman–Crippen LogP) is 2.04. The van der Waals surface area contributed by atoms with Gasteiger partial charge in [-0.15, -0.1) is 0 Å². The zero-order chi connectivity index (χ0) is 17.4. The number of rotatable bonds is 3. The van der Waals surface area contributed by atoms with Crippen molar-refractivity contribution in [1.29, 1.82) is 0 Å². The highest BCUT2D eigenvalue weighted by Gasteiger charge is 2.16. The largest absolute Gasteiger partial charge is 0.383 e. The summed E-state index contributed by atoms with van der Waals surface area (Å²) in [5, 5.41) is 5.25. The molecule has 0 spiro atoms. The third-order valence-corrected chi connectivity index (χ3v) is 3.69. The quantitative estimate of drug-likeness (QED) is 0.593. The molecule has 0 unspecified atom stereocenters. The van der Waals surface area contributed by atoms with E-state index in [1.807, 2.05) is 12.1 Å². The van der Waals surface area contributed by atoms with E-state index in [9.17, 15) is 4.39 Å². The molecular weight excluding hydrogens is 321 g/mol. The summed E-state index contributed by atoms with van der Waals surface area (Å²) in [6.45, 7) is 0.428. The summed E-state index contributed by atoms with van der Waals surface area (Å²) in [5.74, 6) is 0.169. The Kier molecular flexibility index (Phi) is 3.50. The lowest BCUT2D eigenvalue weighted by molar-refractivity contribution is 0.626. The Balaban J connectivity index is 1.90. The molecule has 1 aromatic carbocycles. The van der Waals surface area contributed by atoms with Crippen LogP contribution in [-0.4, -0.2) is 24.7 Å². The fourth-order valence-corrected chi connectivity index (χ4v) is 2.64. The van der Waals surface area contributed by atoms with Crippen LogP contribution in [0.3, 0.4) is 0 Å². The average molecular weight is 334 g/mol. The number of aromatic nitrogens is 5. The van der Waals surface area contributed by atoms with Gasteiger partial charge in [0, 0.05) is 17.8 Å². The van der Waals surface area contributed by atoms with Gasteiger partial charge in [0.2, 0.25) is 0 Å². The van der Waals surface area contributed by atoms with Crippen LogP contribution in [0.1, 0.15) is 5.56 Å². The average Bonchev–Trinajstić information content (AvgIpc) is 2.93. The van der Waals surface area contributed by atoms with Crippen LogP contribution in [0.15, 0.2) is 42.7 Å². The Morgan fingerprint density at radius 3 is 2.64 bits per heavy atom. The van der Waals surface area contributed by atoms with Gasteiger partial charge in [-0.1, -0.05) is 6.07 Å². The van der Waals surface area contributed by atoms with E-state index in [0.29, 0.717) is 23.1 Å². The van der Waals surface area contributed by atoms with E-state index in [4.69, 9.17) is 11.5 Å². The minimum atomic E-state index is -0.354. The summed E-state index contributed by atoms with van der Waals surface area (Å²) in [4.78, 5) is 12.4. The van der Waals surface area contributed by atoms with Gasteiger partial charge in [0.1, 0.15) is 23.1 Å². The molecule has 0 aliphatic heterocycles. The molecule has 0 saturated heterocycles. The summed E-state index contributed by atoms with van der Waals surface area (Å²) >= 11 is 0. The molecule has 4 N–H and O–H groups in total. The van der Waals surface area contributed by atoms with E-state index in [1.54, 1.807) is 23.1 Å². The van der Waals surface area contributed by atoms with Gasteiger partial charge in [0.25, 0.3) is 0 Å². The molecule has 0 atom stereocenters. The molecule has 7 nitrogen and oxygen atoms in total. The topological polar surface area (TPSA) is 109 Å². The first kappa shape index (κ1) is 15.0. The number of nitrogen functional groups attached to an aromatic ring is 2. The second kappa shape index (κ2) is 5.82. The fourth-order valence-electron chi connectivity index (χ4n) is 2.64. The van der Waals surface area contributed by atoms with Crippen molar-refractivity contribution in [2.45, 2.75) is 6.54 Å². The van der Waals surface area contributed by atoms with Crippen LogP contribution in [0.25, 0.3) is 22.4 Å². The number of anilines is 2. The molecule has 3 aromatic heterocycles. The SMILES string of the molecule is Nc1[c]c(N)nc(-c2nn(Cc3cccnc3)c3cc(F)ccc23)n1. The van der Waals surface area contributed by atoms with Crippen molar-refractivity contribution >= 4 is 22.5 Å². The van der Waals surface area contributed by atoms with E-state index < -0.39 is 0 Å². The number of nitrogens with zero attached hydrogens (tertiary/aromatic N) is 5. The molecule has 0 saturated carbocycles. The summed E-state index contributed by atoms with van der Waals surface area (Å²) in [6.07, 6.45) is 3.42. The van der Waals surface area contributed by atoms with E-state index in [1.165, 1.54) is 12.1 Å². The maximum atomic E-state index is 13.8. The lowest BCUT2D eigenvalue weighted by Crippen LogP contribution is -2.04. The highest BCUT2D eigenvalue weighted by atomic mass is 19.1. The Morgan fingerprint density at radius 2 is 1.92 bits per heavy atom. The maximum Gasteiger partial charge on any atom is 0.184 e. The van der Waals surface area contributed by atoms with Gasteiger partial charge in [0.15, 0.2) is 5.82 Å². The standard InChI is InChI=1S/C17H13FN7/c18-11-3-4-12-13(6-11)25(9-10-2-1-5-21-8-10)24-16(12)17-22-14(19)7-15(20)23-17/h1-6,8H,9H2,(H4,19,20,22,23). The number of pyridine rings is 1. The van der Waals surface area contributed by atoms with Crippen molar-refractivity contribution in [3.63, 3.8) is 0 Å². The van der Waals surface area contributed by atoms with Crippen LogP contribution < -0.4 is 11.5 Å². The van der Waals surface area contributed by atoms with Crippen LogP contribution in [0, 0.1) is 11.9 Å². The highest BCUT2D eigenvalue weighted by molar-refractivity contribution is 5.92. The minimum absolute atomic E-state index is 0.125. The molecule has 123 valence electrons.